The molecule has 20 heavy (non-hydrogen) atoms. The van der Waals surface area contributed by atoms with Crippen LogP contribution in [-0.2, 0) is 14.6 Å². The van der Waals surface area contributed by atoms with E-state index < -0.39 is 20.6 Å². The lowest BCUT2D eigenvalue weighted by Crippen LogP contribution is -2.36. The SMILES string of the molecule is CCOC[C@@]1(N)[C@H](c2ccc(Br)cc2)[C@@H]1S(=O)(=O)CC. The van der Waals surface area contributed by atoms with Crippen LogP contribution in [0.25, 0.3) is 0 Å². The molecule has 0 saturated heterocycles. The predicted molar refractivity (Wildman–Crippen MR) is 83.5 cm³/mol. The van der Waals surface area contributed by atoms with Crippen molar-refractivity contribution in [3.05, 3.63) is 34.3 Å². The molecule has 0 radical (unpaired) electrons. The zero-order chi connectivity index (χ0) is 15.0. The summed E-state index contributed by atoms with van der Waals surface area (Å²) < 4.78 is 30.9. The largest absolute Gasteiger partial charge is 0.380 e. The van der Waals surface area contributed by atoms with Gasteiger partial charge < -0.3 is 10.5 Å². The zero-order valence-electron chi connectivity index (χ0n) is 11.7. The van der Waals surface area contributed by atoms with Gasteiger partial charge in [-0.3, -0.25) is 0 Å². The second-order valence-corrected chi connectivity index (χ2v) is 8.48. The van der Waals surface area contributed by atoms with E-state index in [2.05, 4.69) is 15.9 Å². The number of hydrogen-bond acceptors (Lipinski definition) is 4. The maximum atomic E-state index is 12.2. The first kappa shape index (κ1) is 15.9. The van der Waals surface area contributed by atoms with Crippen LogP contribution in [0.3, 0.4) is 0 Å². The average Bonchev–Trinajstić information content (AvgIpc) is 3.05. The molecule has 4 nitrogen and oxygen atoms in total. The molecule has 0 unspecified atom stereocenters. The summed E-state index contributed by atoms with van der Waals surface area (Å²) in [7, 11) is -3.19. The second-order valence-electron chi connectivity index (χ2n) is 5.15. The third-order valence-corrected chi connectivity index (χ3v) is 6.70. The van der Waals surface area contributed by atoms with Crippen molar-refractivity contribution in [2.75, 3.05) is 19.0 Å². The lowest BCUT2D eigenvalue weighted by atomic mass is 10.1. The molecule has 2 N–H and O–H groups in total. The van der Waals surface area contributed by atoms with E-state index in [1.165, 1.54) is 0 Å². The Kier molecular flexibility index (Phi) is 4.59. The Labute approximate surface area is 128 Å². The molecular weight excluding hydrogens is 342 g/mol. The molecule has 1 fully saturated rings. The van der Waals surface area contributed by atoms with Crippen LogP contribution >= 0.6 is 15.9 Å². The molecule has 0 heterocycles. The Morgan fingerprint density at radius 2 is 1.90 bits per heavy atom. The van der Waals surface area contributed by atoms with Crippen molar-refractivity contribution in [3.63, 3.8) is 0 Å². The van der Waals surface area contributed by atoms with Crippen molar-refractivity contribution >= 4 is 25.8 Å². The van der Waals surface area contributed by atoms with E-state index in [-0.39, 0.29) is 18.3 Å². The molecule has 0 aromatic heterocycles. The van der Waals surface area contributed by atoms with Gasteiger partial charge in [-0.2, -0.15) is 0 Å². The van der Waals surface area contributed by atoms with Gasteiger partial charge >= 0.3 is 0 Å². The van der Waals surface area contributed by atoms with Crippen LogP contribution in [0, 0.1) is 0 Å². The summed E-state index contributed by atoms with van der Waals surface area (Å²) in [5.74, 6) is -0.0810. The number of benzene rings is 1. The van der Waals surface area contributed by atoms with Gasteiger partial charge in [0.25, 0.3) is 0 Å². The maximum Gasteiger partial charge on any atom is 0.155 e. The smallest absolute Gasteiger partial charge is 0.155 e. The van der Waals surface area contributed by atoms with Gasteiger partial charge in [-0.05, 0) is 24.6 Å². The number of ether oxygens (including phenoxy) is 1. The zero-order valence-corrected chi connectivity index (χ0v) is 14.1. The lowest BCUT2D eigenvalue weighted by Gasteiger charge is -2.12. The van der Waals surface area contributed by atoms with Crippen LogP contribution in [0.5, 0.6) is 0 Å². The summed E-state index contributed by atoms with van der Waals surface area (Å²) in [5, 5.41) is -0.548. The molecule has 6 heteroatoms. The number of halogens is 1. The van der Waals surface area contributed by atoms with Gasteiger partial charge in [-0.25, -0.2) is 8.42 Å². The first-order valence-electron chi connectivity index (χ1n) is 6.70. The van der Waals surface area contributed by atoms with Crippen molar-refractivity contribution in [3.8, 4) is 0 Å². The molecule has 0 bridgehead atoms. The van der Waals surface area contributed by atoms with Crippen LogP contribution in [0.15, 0.2) is 28.7 Å². The van der Waals surface area contributed by atoms with E-state index in [1.807, 2.05) is 31.2 Å². The van der Waals surface area contributed by atoms with Crippen molar-refractivity contribution in [2.45, 2.75) is 30.6 Å². The maximum absolute atomic E-state index is 12.2. The monoisotopic (exact) mass is 361 g/mol. The molecule has 1 aromatic carbocycles. The van der Waals surface area contributed by atoms with Crippen molar-refractivity contribution < 1.29 is 13.2 Å². The summed E-state index contributed by atoms with van der Waals surface area (Å²) in [6.45, 7) is 4.34. The minimum atomic E-state index is -3.19. The topological polar surface area (TPSA) is 69.4 Å². The van der Waals surface area contributed by atoms with Gasteiger partial charge in [-0.15, -0.1) is 0 Å². The standard InChI is InChI=1S/C14H20BrNO3S/c1-3-19-9-14(16)12(13(14)20(17,18)4-2)10-5-7-11(15)8-6-10/h5-8,12-13H,3-4,9,16H2,1-2H3/t12-,13+,14-/m1/s1. The Morgan fingerprint density at radius 1 is 1.30 bits per heavy atom. The summed E-state index contributed by atoms with van der Waals surface area (Å²) in [6, 6.07) is 7.66. The van der Waals surface area contributed by atoms with Crippen molar-refractivity contribution in [1.82, 2.24) is 0 Å². The molecular formula is C14H20BrNO3S. The summed E-state index contributed by atoms with van der Waals surface area (Å²) in [6.07, 6.45) is 0. The predicted octanol–water partition coefficient (Wildman–Crippen LogP) is 2.08. The van der Waals surface area contributed by atoms with Crippen molar-refractivity contribution in [2.24, 2.45) is 5.73 Å². The Hall–Kier alpha value is -0.430. The highest BCUT2D eigenvalue weighted by atomic mass is 79.9. The number of rotatable bonds is 6. The molecule has 1 saturated carbocycles. The van der Waals surface area contributed by atoms with Crippen molar-refractivity contribution in [1.29, 1.82) is 0 Å². The molecule has 1 aliphatic rings. The van der Waals surface area contributed by atoms with Gasteiger partial charge in [0.2, 0.25) is 0 Å². The van der Waals surface area contributed by atoms with Crippen LogP contribution in [-0.4, -0.2) is 38.2 Å². The first-order valence-corrected chi connectivity index (χ1v) is 9.21. The Bertz CT molecular complexity index is 573. The highest BCUT2D eigenvalue weighted by Crippen LogP contribution is 2.54. The van der Waals surface area contributed by atoms with Crippen LogP contribution in [0.4, 0.5) is 0 Å². The van der Waals surface area contributed by atoms with E-state index in [9.17, 15) is 8.42 Å². The number of nitrogens with two attached hydrogens (primary N) is 1. The molecule has 2 rings (SSSR count). The Morgan fingerprint density at radius 3 is 2.40 bits per heavy atom. The molecule has 112 valence electrons. The van der Waals surface area contributed by atoms with Gasteiger partial charge in [0.1, 0.15) is 0 Å². The van der Waals surface area contributed by atoms with Crippen LogP contribution < -0.4 is 5.73 Å². The fourth-order valence-electron chi connectivity index (χ4n) is 2.75. The summed E-state index contributed by atoms with van der Waals surface area (Å²) in [5.41, 5.74) is 6.49. The number of hydrogen-bond donors (Lipinski definition) is 1. The Balaban J connectivity index is 2.32. The molecule has 0 aliphatic heterocycles. The van der Waals surface area contributed by atoms with Gasteiger partial charge in [-0.1, -0.05) is 35.0 Å². The highest BCUT2D eigenvalue weighted by Gasteiger charge is 2.68. The van der Waals surface area contributed by atoms with E-state index in [4.69, 9.17) is 10.5 Å². The third kappa shape index (κ3) is 2.79. The fourth-order valence-corrected chi connectivity index (χ4v) is 5.00. The van der Waals surface area contributed by atoms with E-state index in [1.54, 1.807) is 6.92 Å². The minimum absolute atomic E-state index is 0.107. The highest BCUT2D eigenvalue weighted by molar-refractivity contribution is 9.10. The first-order chi connectivity index (χ1) is 9.36. The van der Waals surface area contributed by atoms with Gasteiger partial charge in [0.15, 0.2) is 9.84 Å². The quantitative estimate of drug-likeness (QED) is 0.841. The normalized spacial score (nSPS) is 29.4. The van der Waals surface area contributed by atoms with Crippen LogP contribution in [0.2, 0.25) is 0 Å². The van der Waals surface area contributed by atoms with Crippen LogP contribution in [0.1, 0.15) is 25.3 Å². The minimum Gasteiger partial charge on any atom is -0.380 e. The summed E-state index contributed by atoms with van der Waals surface area (Å²) in [4.78, 5) is 0. The van der Waals surface area contributed by atoms with Gasteiger partial charge in [0, 0.05) is 22.8 Å². The average molecular weight is 362 g/mol. The van der Waals surface area contributed by atoms with E-state index >= 15 is 0 Å². The third-order valence-electron chi connectivity index (χ3n) is 3.88. The number of sulfone groups is 1. The summed E-state index contributed by atoms with van der Waals surface area (Å²) >= 11 is 3.38. The molecule has 0 amide bonds. The molecule has 1 aromatic rings. The second kappa shape index (κ2) is 5.75. The van der Waals surface area contributed by atoms with E-state index in [0.29, 0.717) is 6.61 Å². The van der Waals surface area contributed by atoms with Gasteiger partial charge in [0.05, 0.1) is 17.4 Å². The molecule has 0 spiro atoms. The lowest BCUT2D eigenvalue weighted by molar-refractivity contribution is 0.125. The fraction of sp³-hybridized carbons (Fsp3) is 0.571. The molecule has 1 aliphatic carbocycles. The molecule has 3 atom stereocenters. The van der Waals surface area contributed by atoms with E-state index in [0.717, 1.165) is 10.0 Å².